The van der Waals surface area contributed by atoms with Crippen molar-refractivity contribution in [2.75, 3.05) is 6.54 Å². The van der Waals surface area contributed by atoms with Crippen LogP contribution in [0.5, 0.6) is 0 Å². The van der Waals surface area contributed by atoms with Gasteiger partial charge in [0.25, 0.3) is 0 Å². The first-order valence-corrected chi connectivity index (χ1v) is 7.16. The van der Waals surface area contributed by atoms with Crippen LogP contribution in [-0.4, -0.2) is 29.3 Å². The van der Waals surface area contributed by atoms with Gasteiger partial charge in [0, 0.05) is 6.54 Å². The topological polar surface area (TPSA) is 75.6 Å². The molecule has 20 heavy (non-hydrogen) atoms. The molecule has 1 rings (SSSR count). The van der Waals surface area contributed by atoms with Gasteiger partial charge in [0.15, 0.2) is 0 Å². The summed E-state index contributed by atoms with van der Waals surface area (Å²) in [6.45, 7) is 9.63. The number of carbonyl (C=O) groups is 2. The van der Waals surface area contributed by atoms with Crippen LogP contribution in [0.25, 0.3) is 0 Å². The van der Waals surface area contributed by atoms with E-state index in [9.17, 15) is 14.7 Å². The summed E-state index contributed by atoms with van der Waals surface area (Å²) in [6, 6.07) is 0. The van der Waals surface area contributed by atoms with E-state index in [-0.39, 0.29) is 12.0 Å². The molecule has 1 aliphatic rings. The molecule has 0 aromatic carbocycles. The van der Waals surface area contributed by atoms with E-state index in [1.807, 2.05) is 0 Å². The number of carbonyl (C=O) groups excluding carboxylic acids is 1. The monoisotopic (exact) mass is 285 g/mol. The Hall–Kier alpha value is -1.26. The van der Waals surface area contributed by atoms with Gasteiger partial charge < -0.3 is 15.2 Å². The van der Waals surface area contributed by atoms with Gasteiger partial charge in [-0.05, 0) is 45.4 Å². The molecule has 1 fully saturated rings. The predicted octanol–water partition coefficient (Wildman–Crippen LogP) is 3.18. The van der Waals surface area contributed by atoms with Gasteiger partial charge in [0.05, 0.1) is 5.41 Å². The van der Waals surface area contributed by atoms with E-state index < -0.39 is 23.1 Å². The van der Waals surface area contributed by atoms with Crippen LogP contribution in [0.3, 0.4) is 0 Å². The summed E-state index contributed by atoms with van der Waals surface area (Å²) < 4.78 is 5.16. The molecule has 5 nitrogen and oxygen atoms in total. The number of rotatable bonds is 3. The molecule has 0 bridgehead atoms. The van der Waals surface area contributed by atoms with Crippen molar-refractivity contribution in [1.82, 2.24) is 5.32 Å². The Labute approximate surface area is 121 Å². The summed E-state index contributed by atoms with van der Waals surface area (Å²) in [7, 11) is 0. The van der Waals surface area contributed by atoms with E-state index in [2.05, 4.69) is 19.2 Å². The summed E-state index contributed by atoms with van der Waals surface area (Å²) in [5.41, 5.74) is -1.46. The first-order chi connectivity index (χ1) is 8.96. The highest BCUT2D eigenvalue weighted by molar-refractivity contribution is 5.76. The molecule has 1 aliphatic carbocycles. The van der Waals surface area contributed by atoms with Crippen LogP contribution < -0.4 is 5.32 Å². The second-order valence-corrected chi connectivity index (χ2v) is 7.64. The highest BCUT2D eigenvalue weighted by Gasteiger charge is 2.46. The molecule has 1 saturated carbocycles. The summed E-state index contributed by atoms with van der Waals surface area (Å²) in [5.74, 6) is -0.832. The van der Waals surface area contributed by atoms with E-state index in [0.717, 1.165) is 12.8 Å². The van der Waals surface area contributed by atoms with E-state index in [0.29, 0.717) is 12.8 Å². The molecule has 0 saturated heterocycles. The van der Waals surface area contributed by atoms with Gasteiger partial charge in [-0.2, -0.15) is 0 Å². The third kappa shape index (κ3) is 4.69. The minimum Gasteiger partial charge on any atom is -0.481 e. The second-order valence-electron chi connectivity index (χ2n) is 7.64. The summed E-state index contributed by atoms with van der Waals surface area (Å²) >= 11 is 0. The average Bonchev–Trinajstić information content (AvgIpc) is 2.22. The Morgan fingerprint density at radius 1 is 1.25 bits per heavy atom. The van der Waals surface area contributed by atoms with Gasteiger partial charge in [0.2, 0.25) is 0 Å². The third-order valence-corrected chi connectivity index (χ3v) is 3.75. The maximum Gasteiger partial charge on any atom is 0.407 e. The number of amides is 1. The van der Waals surface area contributed by atoms with Crippen molar-refractivity contribution in [3.63, 3.8) is 0 Å². The molecule has 0 aromatic heterocycles. The number of ether oxygens (including phenoxy) is 1. The zero-order valence-electron chi connectivity index (χ0n) is 13.2. The first-order valence-electron chi connectivity index (χ1n) is 7.16. The maximum absolute atomic E-state index is 11.7. The van der Waals surface area contributed by atoms with Gasteiger partial charge in [-0.15, -0.1) is 0 Å². The third-order valence-electron chi connectivity index (χ3n) is 3.75. The summed E-state index contributed by atoms with van der Waals surface area (Å²) in [6.07, 6.45) is 2.51. The molecule has 0 spiro atoms. The second kappa shape index (κ2) is 5.62. The highest BCUT2D eigenvalue weighted by atomic mass is 16.6. The highest BCUT2D eigenvalue weighted by Crippen LogP contribution is 2.46. The van der Waals surface area contributed by atoms with Crippen LogP contribution in [0, 0.1) is 10.8 Å². The standard InChI is InChI=1S/C15H27NO4/c1-13(2,3)20-12(19)16-10-15(11(17)18)8-6-7-14(4,5)9-15/h6-10H2,1-5H3,(H,16,19)(H,17,18). The molecular weight excluding hydrogens is 258 g/mol. The first kappa shape index (κ1) is 16.8. The van der Waals surface area contributed by atoms with Gasteiger partial charge >= 0.3 is 12.1 Å². The molecule has 1 amide bonds. The fourth-order valence-corrected chi connectivity index (χ4v) is 2.96. The summed E-state index contributed by atoms with van der Waals surface area (Å²) in [5, 5.41) is 12.2. The number of aliphatic carboxylic acids is 1. The Bertz CT molecular complexity index is 384. The average molecular weight is 285 g/mol. The van der Waals surface area contributed by atoms with Crippen molar-refractivity contribution in [2.45, 2.75) is 65.9 Å². The van der Waals surface area contributed by atoms with Gasteiger partial charge in [0.1, 0.15) is 5.60 Å². The molecule has 0 radical (unpaired) electrons. The molecular formula is C15H27NO4. The maximum atomic E-state index is 11.7. The largest absolute Gasteiger partial charge is 0.481 e. The normalized spacial score (nSPS) is 25.9. The van der Waals surface area contributed by atoms with Crippen molar-refractivity contribution in [1.29, 1.82) is 0 Å². The minimum absolute atomic E-state index is 0.00769. The number of nitrogens with one attached hydrogen (secondary N) is 1. The molecule has 1 unspecified atom stereocenters. The van der Waals surface area contributed by atoms with E-state index in [1.165, 1.54) is 0 Å². The van der Waals surface area contributed by atoms with Gasteiger partial charge in [-0.1, -0.05) is 20.3 Å². The van der Waals surface area contributed by atoms with Crippen molar-refractivity contribution in [3.8, 4) is 0 Å². The lowest BCUT2D eigenvalue weighted by molar-refractivity contribution is -0.153. The number of carboxylic acids is 1. The number of carboxylic acid groups (broad SMARTS) is 1. The number of alkyl carbamates (subject to hydrolysis) is 1. The van der Waals surface area contributed by atoms with E-state index in [1.54, 1.807) is 20.8 Å². The number of hydrogen-bond donors (Lipinski definition) is 2. The Balaban J connectivity index is 2.69. The zero-order valence-corrected chi connectivity index (χ0v) is 13.2. The van der Waals surface area contributed by atoms with Crippen molar-refractivity contribution < 1.29 is 19.4 Å². The van der Waals surface area contributed by atoms with Crippen LogP contribution in [0.4, 0.5) is 4.79 Å². The SMILES string of the molecule is CC1(C)CCCC(CNC(=O)OC(C)(C)C)(C(=O)O)C1. The molecule has 1 atom stereocenters. The van der Waals surface area contributed by atoms with Crippen LogP contribution in [0.15, 0.2) is 0 Å². The zero-order chi connectivity index (χ0) is 15.6. The van der Waals surface area contributed by atoms with E-state index >= 15 is 0 Å². The van der Waals surface area contributed by atoms with Crippen molar-refractivity contribution in [3.05, 3.63) is 0 Å². The Morgan fingerprint density at radius 2 is 1.85 bits per heavy atom. The number of hydrogen-bond acceptors (Lipinski definition) is 3. The van der Waals surface area contributed by atoms with Crippen molar-refractivity contribution >= 4 is 12.1 Å². The minimum atomic E-state index is -0.876. The van der Waals surface area contributed by atoms with Gasteiger partial charge in [-0.25, -0.2) is 4.79 Å². The van der Waals surface area contributed by atoms with Crippen LogP contribution in [0.2, 0.25) is 0 Å². The predicted molar refractivity (Wildman–Crippen MR) is 76.6 cm³/mol. The fraction of sp³-hybridized carbons (Fsp3) is 0.867. The molecule has 116 valence electrons. The Morgan fingerprint density at radius 3 is 2.30 bits per heavy atom. The smallest absolute Gasteiger partial charge is 0.407 e. The van der Waals surface area contributed by atoms with Crippen LogP contribution in [0.1, 0.15) is 60.3 Å². The lowest BCUT2D eigenvalue weighted by Gasteiger charge is -2.42. The molecule has 2 N–H and O–H groups in total. The lowest BCUT2D eigenvalue weighted by Crippen LogP contribution is -2.48. The molecule has 5 heteroatoms. The van der Waals surface area contributed by atoms with Crippen molar-refractivity contribution in [2.24, 2.45) is 10.8 Å². The molecule has 0 heterocycles. The fourth-order valence-electron chi connectivity index (χ4n) is 2.96. The quantitative estimate of drug-likeness (QED) is 0.835. The van der Waals surface area contributed by atoms with Crippen LogP contribution >= 0.6 is 0 Å². The molecule has 0 aromatic rings. The molecule has 0 aliphatic heterocycles. The Kier molecular flexibility index (Phi) is 4.72. The van der Waals surface area contributed by atoms with E-state index in [4.69, 9.17) is 4.74 Å². The van der Waals surface area contributed by atoms with Gasteiger partial charge in [-0.3, -0.25) is 4.79 Å². The summed E-state index contributed by atoms with van der Waals surface area (Å²) in [4.78, 5) is 23.4. The lowest BCUT2D eigenvalue weighted by atomic mass is 9.63. The van der Waals surface area contributed by atoms with Crippen LogP contribution in [-0.2, 0) is 9.53 Å².